The third kappa shape index (κ3) is 5.86. The molecule has 0 bridgehead atoms. The number of nitrogens with two attached hydrogens (primary N) is 1. The Morgan fingerprint density at radius 2 is 1.70 bits per heavy atom. The predicted molar refractivity (Wildman–Crippen MR) is 155 cm³/mol. The van der Waals surface area contributed by atoms with Gasteiger partial charge in [-0.15, -0.1) is 11.3 Å². The molecule has 206 valence electrons. The van der Waals surface area contributed by atoms with Gasteiger partial charge in [-0.1, -0.05) is 42.5 Å². The van der Waals surface area contributed by atoms with Crippen LogP contribution >= 0.6 is 11.3 Å². The van der Waals surface area contributed by atoms with Crippen molar-refractivity contribution < 1.29 is 22.7 Å². The van der Waals surface area contributed by atoms with E-state index in [1.807, 2.05) is 18.2 Å². The Kier molecular flexibility index (Phi) is 7.88. The number of rotatable bonds is 9. The van der Waals surface area contributed by atoms with Gasteiger partial charge in [0.25, 0.3) is 21.8 Å². The number of carbonyl (C=O) groups excluding carboxylic acids is 2. The molecule has 0 atom stereocenters. The minimum absolute atomic E-state index is 0.0190. The van der Waals surface area contributed by atoms with Crippen molar-refractivity contribution in [3.05, 3.63) is 106 Å². The molecule has 0 saturated heterocycles. The third-order valence-electron chi connectivity index (χ3n) is 6.64. The fourth-order valence-corrected chi connectivity index (χ4v) is 7.05. The summed E-state index contributed by atoms with van der Waals surface area (Å²) in [5, 5.41) is 3.18. The van der Waals surface area contributed by atoms with Gasteiger partial charge in [0.1, 0.15) is 10.8 Å². The SMILES string of the molecule is COc1ccc(S(=O)(=O)Nc2ccccc2C(=O)Nc2sc3c(c2C(N)=O)CCN(Cc2ccccc2)C3)cc1. The van der Waals surface area contributed by atoms with E-state index in [1.165, 1.54) is 60.4 Å². The maximum absolute atomic E-state index is 13.4. The number of methoxy groups -OCH3 is 1. The standard InChI is InChI=1S/C29H28N4O5S2/c1-38-20-11-13-21(14-12-20)40(36,37)32-24-10-6-5-9-22(24)28(35)31-29-26(27(30)34)23-15-16-33(18-25(23)39-29)17-19-7-3-2-4-8-19/h2-14,32H,15-18H2,1H3,(H2,30,34)(H,31,35). The van der Waals surface area contributed by atoms with Gasteiger partial charge in [-0.3, -0.25) is 19.2 Å². The van der Waals surface area contributed by atoms with Crippen LogP contribution in [0.3, 0.4) is 0 Å². The number of carbonyl (C=O) groups is 2. The molecule has 1 aliphatic rings. The highest BCUT2D eigenvalue weighted by atomic mass is 32.2. The Morgan fingerprint density at radius 3 is 2.40 bits per heavy atom. The fraction of sp³-hybridized carbons (Fsp3) is 0.172. The first-order chi connectivity index (χ1) is 19.2. The topological polar surface area (TPSA) is 131 Å². The van der Waals surface area contributed by atoms with Gasteiger partial charge in [-0.2, -0.15) is 0 Å². The van der Waals surface area contributed by atoms with Crippen LogP contribution in [0.2, 0.25) is 0 Å². The first-order valence-corrected chi connectivity index (χ1v) is 14.8. The number of amides is 2. The average Bonchev–Trinajstić information content (AvgIpc) is 3.31. The quantitative estimate of drug-likeness (QED) is 0.270. The van der Waals surface area contributed by atoms with Crippen LogP contribution in [0.25, 0.3) is 0 Å². The van der Waals surface area contributed by atoms with Crippen LogP contribution in [0.4, 0.5) is 10.7 Å². The van der Waals surface area contributed by atoms with E-state index in [0.717, 1.165) is 23.5 Å². The van der Waals surface area contributed by atoms with E-state index < -0.39 is 21.8 Å². The molecular weight excluding hydrogens is 548 g/mol. The number of ether oxygens (including phenoxy) is 1. The van der Waals surface area contributed by atoms with Crippen LogP contribution in [0, 0.1) is 0 Å². The largest absolute Gasteiger partial charge is 0.497 e. The second-order valence-corrected chi connectivity index (χ2v) is 12.1. The van der Waals surface area contributed by atoms with Gasteiger partial charge in [0.05, 0.1) is 28.8 Å². The number of hydrogen-bond acceptors (Lipinski definition) is 7. The molecule has 0 unspecified atom stereocenters. The summed E-state index contributed by atoms with van der Waals surface area (Å²) in [7, 11) is -2.49. The number of hydrogen-bond donors (Lipinski definition) is 3. The van der Waals surface area contributed by atoms with Crippen LogP contribution in [0.1, 0.15) is 36.7 Å². The van der Waals surface area contributed by atoms with E-state index in [2.05, 4.69) is 27.1 Å². The predicted octanol–water partition coefficient (Wildman–Crippen LogP) is 4.47. The molecule has 4 N–H and O–H groups in total. The average molecular weight is 577 g/mol. The number of benzene rings is 3. The van der Waals surface area contributed by atoms with Gasteiger partial charge in [0.15, 0.2) is 0 Å². The number of sulfonamides is 1. The molecule has 0 radical (unpaired) electrons. The zero-order valence-electron chi connectivity index (χ0n) is 21.7. The van der Waals surface area contributed by atoms with Crippen molar-refractivity contribution in [2.75, 3.05) is 23.7 Å². The molecule has 9 nitrogen and oxygen atoms in total. The van der Waals surface area contributed by atoms with Gasteiger partial charge in [0, 0.05) is 24.5 Å². The summed E-state index contributed by atoms with van der Waals surface area (Å²) in [5.41, 5.74) is 8.32. The van der Waals surface area contributed by atoms with E-state index >= 15 is 0 Å². The zero-order chi connectivity index (χ0) is 28.3. The minimum atomic E-state index is -3.99. The van der Waals surface area contributed by atoms with E-state index in [0.29, 0.717) is 29.3 Å². The smallest absolute Gasteiger partial charge is 0.261 e. The Hall–Kier alpha value is -4.19. The second kappa shape index (κ2) is 11.5. The van der Waals surface area contributed by atoms with E-state index in [1.54, 1.807) is 12.1 Å². The number of nitrogens with one attached hydrogen (secondary N) is 2. The molecule has 5 rings (SSSR count). The van der Waals surface area contributed by atoms with Gasteiger partial charge >= 0.3 is 0 Å². The summed E-state index contributed by atoms with van der Waals surface area (Å²) >= 11 is 1.32. The lowest BCUT2D eigenvalue weighted by Gasteiger charge is -2.27. The Morgan fingerprint density at radius 1 is 1.00 bits per heavy atom. The Balaban J connectivity index is 1.37. The van der Waals surface area contributed by atoms with E-state index in [-0.39, 0.29) is 16.1 Å². The molecule has 3 aromatic carbocycles. The van der Waals surface area contributed by atoms with Crippen LogP contribution < -0.4 is 20.5 Å². The lowest BCUT2D eigenvalue weighted by Crippen LogP contribution is -2.30. The van der Waals surface area contributed by atoms with Crippen molar-refractivity contribution >= 4 is 43.9 Å². The number of nitrogens with zero attached hydrogens (tertiary/aromatic N) is 1. The van der Waals surface area contributed by atoms with Crippen LogP contribution in [0.5, 0.6) is 5.75 Å². The first-order valence-electron chi connectivity index (χ1n) is 12.5. The molecule has 0 aliphatic carbocycles. The lowest BCUT2D eigenvalue weighted by molar-refractivity contribution is 0.0999. The summed E-state index contributed by atoms with van der Waals surface area (Å²) in [5.74, 6) is -0.654. The summed E-state index contributed by atoms with van der Waals surface area (Å²) < 4.78 is 33.6. The van der Waals surface area contributed by atoms with Gasteiger partial charge in [-0.05, 0) is 53.9 Å². The summed E-state index contributed by atoms with van der Waals surface area (Å²) in [4.78, 5) is 29.2. The zero-order valence-corrected chi connectivity index (χ0v) is 23.3. The molecule has 1 aliphatic heterocycles. The molecule has 1 aromatic heterocycles. The third-order valence-corrected chi connectivity index (χ3v) is 9.16. The number of primary amides is 1. The maximum atomic E-state index is 13.4. The van der Waals surface area contributed by atoms with Gasteiger partial charge < -0.3 is 15.8 Å². The highest BCUT2D eigenvalue weighted by molar-refractivity contribution is 7.92. The van der Waals surface area contributed by atoms with E-state index in [9.17, 15) is 18.0 Å². The number of anilines is 2. The van der Waals surface area contributed by atoms with Crippen molar-refractivity contribution in [3.63, 3.8) is 0 Å². The molecule has 4 aromatic rings. The molecule has 0 spiro atoms. The molecule has 0 saturated carbocycles. The number of para-hydroxylation sites is 1. The summed E-state index contributed by atoms with van der Waals surface area (Å²) in [6.07, 6.45) is 0.630. The molecule has 2 amide bonds. The molecule has 11 heteroatoms. The fourth-order valence-electron chi connectivity index (χ4n) is 4.68. The molecule has 0 fully saturated rings. The van der Waals surface area contributed by atoms with Gasteiger partial charge in [0.2, 0.25) is 0 Å². The number of thiophene rings is 1. The van der Waals surface area contributed by atoms with Crippen LogP contribution in [-0.2, 0) is 29.5 Å². The van der Waals surface area contributed by atoms with Crippen molar-refractivity contribution in [1.29, 1.82) is 0 Å². The van der Waals surface area contributed by atoms with Crippen molar-refractivity contribution in [2.45, 2.75) is 24.4 Å². The van der Waals surface area contributed by atoms with Crippen molar-refractivity contribution in [1.82, 2.24) is 4.90 Å². The van der Waals surface area contributed by atoms with Crippen LogP contribution in [0.15, 0.2) is 83.8 Å². The van der Waals surface area contributed by atoms with Crippen molar-refractivity contribution in [2.24, 2.45) is 5.73 Å². The highest BCUT2D eigenvalue weighted by Gasteiger charge is 2.28. The second-order valence-electron chi connectivity index (χ2n) is 9.30. The van der Waals surface area contributed by atoms with Crippen LogP contribution in [-0.4, -0.2) is 38.8 Å². The molecule has 2 heterocycles. The van der Waals surface area contributed by atoms with Crippen molar-refractivity contribution in [3.8, 4) is 5.75 Å². The highest BCUT2D eigenvalue weighted by Crippen LogP contribution is 2.38. The maximum Gasteiger partial charge on any atom is 0.261 e. The normalized spacial score (nSPS) is 13.3. The summed E-state index contributed by atoms with van der Waals surface area (Å²) in [6, 6.07) is 22.3. The Bertz CT molecular complexity index is 1650. The first kappa shape index (κ1) is 27.4. The van der Waals surface area contributed by atoms with Gasteiger partial charge in [-0.25, -0.2) is 8.42 Å². The summed E-state index contributed by atoms with van der Waals surface area (Å²) in [6.45, 7) is 2.15. The Labute approximate surface area is 236 Å². The minimum Gasteiger partial charge on any atom is -0.497 e. The van der Waals surface area contributed by atoms with E-state index in [4.69, 9.17) is 10.5 Å². The molecule has 40 heavy (non-hydrogen) atoms. The monoisotopic (exact) mass is 576 g/mol. The molecular formula is C29H28N4O5S2. The lowest BCUT2D eigenvalue weighted by atomic mass is 10.0. The number of fused-ring (bicyclic) bond motifs is 1.